The molecule has 0 bridgehead atoms. The Morgan fingerprint density at radius 2 is 1.60 bits per heavy atom. The molecule has 0 atom stereocenters. The summed E-state index contributed by atoms with van der Waals surface area (Å²) in [5, 5.41) is 0. The van der Waals surface area contributed by atoms with Gasteiger partial charge in [0, 0.05) is 12.1 Å². The molecular formula is C10H22N2O2S. The third-order valence-corrected chi connectivity index (χ3v) is 3.99. The van der Waals surface area contributed by atoms with Gasteiger partial charge < -0.3 is 0 Å². The van der Waals surface area contributed by atoms with Gasteiger partial charge >= 0.3 is 0 Å². The maximum atomic E-state index is 11.6. The molecule has 0 heterocycles. The average Bonchev–Trinajstić information content (AvgIpc) is 2.29. The Balaban J connectivity index is 2.44. The van der Waals surface area contributed by atoms with E-state index in [-0.39, 0.29) is 12.1 Å². The Morgan fingerprint density at radius 3 is 2.07 bits per heavy atom. The van der Waals surface area contributed by atoms with Crippen LogP contribution in [0.5, 0.6) is 0 Å². The van der Waals surface area contributed by atoms with Crippen LogP contribution < -0.4 is 9.44 Å². The Kier molecular flexibility index (Phi) is 5.02. The number of nitrogens with one attached hydrogen (secondary N) is 2. The van der Waals surface area contributed by atoms with Gasteiger partial charge in [0.15, 0.2) is 0 Å². The van der Waals surface area contributed by atoms with Crippen LogP contribution in [0.4, 0.5) is 0 Å². The third-order valence-electron chi connectivity index (χ3n) is 2.57. The van der Waals surface area contributed by atoms with Crippen LogP contribution in [-0.4, -0.2) is 20.5 Å². The highest BCUT2D eigenvalue weighted by Gasteiger charge is 2.19. The van der Waals surface area contributed by atoms with Crippen molar-refractivity contribution in [3.63, 3.8) is 0 Å². The smallest absolute Gasteiger partial charge is 0.200 e. The Labute approximate surface area is 93.0 Å². The summed E-state index contributed by atoms with van der Waals surface area (Å²) in [6.45, 7) is 3.65. The Hall–Kier alpha value is -0.130. The molecule has 0 amide bonds. The van der Waals surface area contributed by atoms with Gasteiger partial charge in [-0.25, -0.2) is 0 Å². The first kappa shape index (κ1) is 12.9. The van der Waals surface area contributed by atoms with Crippen LogP contribution in [0.3, 0.4) is 0 Å². The van der Waals surface area contributed by atoms with Gasteiger partial charge in [0.25, 0.3) is 10.2 Å². The van der Waals surface area contributed by atoms with Gasteiger partial charge in [0.2, 0.25) is 0 Å². The first-order valence-corrected chi connectivity index (χ1v) is 7.27. The van der Waals surface area contributed by atoms with Crippen molar-refractivity contribution in [2.75, 3.05) is 0 Å². The Morgan fingerprint density at radius 1 is 1.07 bits per heavy atom. The summed E-state index contributed by atoms with van der Waals surface area (Å²) in [6, 6.07) is 0.0806. The highest BCUT2D eigenvalue weighted by Crippen LogP contribution is 2.17. The highest BCUT2D eigenvalue weighted by molar-refractivity contribution is 7.87. The molecule has 1 aliphatic carbocycles. The molecule has 1 saturated carbocycles. The zero-order valence-electron chi connectivity index (χ0n) is 9.62. The van der Waals surface area contributed by atoms with E-state index in [0.29, 0.717) is 0 Å². The van der Waals surface area contributed by atoms with Crippen molar-refractivity contribution >= 4 is 10.2 Å². The normalized spacial score (nSPS) is 20.5. The van der Waals surface area contributed by atoms with Crippen LogP contribution in [0.15, 0.2) is 0 Å². The second-order valence-electron chi connectivity index (χ2n) is 4.58. The molecule has 1 aliphatic rings. The van der Waals surface area contributed by atoms with Crippen LogP contribution in [0.1, 0.15) is 52.4 Å². The van der Waals surface area contributed by atoms with Gasteiger partial charge in [0.05, 0.1) is 0 Å². The Bertz CT molecular complexity index is 267. The SMILES string of the molecule is CC(C)NS(=O)(=O)NC1CCCCCC1. The van der Waals surface area contributed by atoms with Crippen molar-refractivity contribution < 1.29 is 8.42 Å². The van der Waals surface area contributed by atoms with Gasteiger partial charge in [-0.05, 0) is 26.7 Å². The van der Waals surface area contributed by atoms with E-state index in [1.807, 2.05) is 13.8 Å². The minimum atomic E-state index is -3.30. The summed E-state index contributed by atoms with van der Waals surface area (Å²) in [4.78, 5) is 0. The molecule has 0 aromatic carbocycles. The first-order valence-electron chi connectivity index (χ1n) is 5.79. The number of hydrogen-bond donors (Lipinski definition) is 2. The van der Waals surface area contributed by atoms with Crippen LogP contribution in [-0.2, 0) is 10.2 Å². The van der Waals surface area contributed by atoms with Crippen LogP contribution >= 0.6 is 0 Å². The monoisotopic (exact) mass is 234 g/mol. The molecule has 0 spiro atoms. The largest absolute Gasteiger partial charge is 0.277 e. The molecule has 0 radical (unpaired) electrons. The minimum absolute atomic E-state index is 0.0479. The minimum Gasteiger partial charge on any atom is -0.200 e. The molecule has 0 saturated heterocycles. The van der Waals surface area contributed by atoms with E-state index >= 15 is 0 Å². The van der Waals surface area contributed by atoms with E-state index in [1.165, 1.54) is 12.8 Å². The molecule has 0 aromatic rings. The van der Waals surface area contributed by atoms with Crippen molar-refractivity contribution in [1.82, 2.24) is 9.44 Å². The summed E-state index contributed by atoms with van der Waals surface area (Å²) in [5.74, 6) is 0. The predicted molar refractivity (Wildman–Crippen MR) is 61.8 cm³/mol. The lowest BCUT2D eigenvalue weighted by Crippen LogP contribution is -2.45. The van der Waals surface area contributed by atoms with Gasteiger partial charge in [-0.1, -0.05) is 25.7 Å². The molecule has 0 aromatic heterocycles. The first-order chi connectivity index (χ1) is 6.99. The predicted octanol–water partition coefficient (Wildman–Crippen LogP) is 1.54. The standard InChI is InChI=1S/C10H22N2O2S/c1-9(2)11-15(13,14)12-10-7-5-3-4-6-8-10/h9-12H,3-8H2,1-2H3. The lowest BCUT2D eigenvalue weighted by Gasteiger charge is -2.17. The van der Waals surface area contributed by atoms with E-state index in [2.05, 4.69) is 9.44 Å². The van der Waals surface area contributed by atoms with Crippen LogP contribution in [0, 0.1) is 0 Å². The summed E-state index contributed by atoms with van der Waals surface area (Å²) in [6.07, 6.45) is 6.67. The topological polar surface area (TPSA) is 58.2 Å². The van der Waals surface area contributed by atoms with Crippen LogP contribution in [0.25, 0.3) is 0 Å². The number of rotatable bonds is 4. The van der Waals surface area contributed by atoms with E-state index in [9.17, 15) is 8.42 Å². The van der Waals surface area contributed by atoms with Gasteiger partial charge in [-0.3, -0.25) is 0 Å². The molecule has 90 valence electrons. The fraction of sp³-hybridized carbons (Fsp3) is 1.00. The summed E-state index contributed by atoms with van der Waals surface area (Å²) in [7, 11) is -3.30. The zero-order chi connectivity index (χ0) is 11.3. The maximum Gasteiger partial charge on any atom is 0.277 e. The quantitative estimate of drug-likeness (QED) is 0.725. The highest BCUT2D eigenvalue weighted by atomic mass is 32.2. The molecular weight excluding hydrogens is 212 g/mol. The molecule has 4 nitrogen and oxygen atoms in total. The van der Waals surface area contributed by atoms with Crippen LogP contribution in [0.2, 0.25) is 0 Å². The third kappa shape index (κ3) is 5.49. The van der Waals surface area contributed by atoms with Crippen molar-refractivity contribution in [3.8, 4) is 0 Å². The summed E-state index contributed by atoms with van der Waals surface area (Å²) >= 11 is 0. The molecule has 1 fully saturated rings. The molecule has 0 aliphatic heterocycles. The van der Waals surface area contributed by atoms with Crippen molar-refractivity contribution in [2.24, 2.45) is 0 Å². The van der Waals surface area contributed by atoms with E-state index in [4.69, 9.17) is 0 Å². The molecule has 0 unspecified atom stereocenters. The van der Waals surface area contributed by atoms with Gasteiger partial charge in [-0.2, -0.15) is 17.9 Å². The lowest BCUT2D eigenvalue weighted by molar-refractivity contribution is 0.497. The second-order valence-corrected chi connectivity index (χ2v) is 6.06. The van der Waals surface area contributed by atoms with Gasteiger partial charge in [0.1, 0.15) is 0 Å². The molecule has 15 heavy (non-hydrogen) atoms. The second kappa shape index (κ2) is 5.82. The fourth-order valence-corrected chi connectivity index (χ4v) is 3.32. The maximum absolute atomic E-state index is 11.6. The van der Waals surface area contributed by atoms with E-state index in [0.717, 1.165) is 25.7 Å². The van der Waals surface area contributed by atoms with Crippen molar-refractivity contribution in [3.05, 3.63) is 0 Å². The molecule has 2 N–H and O–H groups in total. The van der Waals surface area contributed by atoms with Crippen molar-refractivity contribution in [1.29, 1.82) is 0 Å². The zero-order valence-corrected chi connectivity index (χ0v) is 10.4. The molecule has 5 heteroatoms. The number of hydrogen-bond acceptors (Lipinski definition) is 2. The van der Waals surface area contributed by atoms with Gasteiger partial charge in [-0.15, -0.1) is 0 Å². The van der Waals surface area contributed by atoms with E-state index < -0.39 is 10.2 Å². The summed E-state index contributed by atoms with van der Waals surface area (Å²) < 4.78 is 28.5. The fourth-order valence-electron chi connectivity index (χ4n) is 1.96. The molecule has 1 rings (SSSR count). The average molecular weight is 234 g/mol. The lowest BCUT2D eigenvalue weighted by atomic mass is 10.1. The summed E-state index contributed by atoms with van der Waals surface area (Å²) in [5.41, 5.74) is 0. The van der Waals surface area contributed by atoms with E-state index in [1.54, 1.807) is 0 Å². The van der Waals surface area contributed by atoms with Crippen molar-refractivity contribution in [2.45, 2.75) is 64.5 Å².